The van der Waals surface area contributed by atoms with E-state index in [1.807, 2.05) is 41.2 Å². The lowest BCUT2D eigenvalue weighted by atomic mass is 9.87. The molecule has 1 spiro atoms. The second-order valence-electron chi connectivity index (χ2n) is 8.25. The molecule has 2 aliphatic heterocycles. The van der Waals surface area contributed by atoms with Crippen LogP contribution >= 0.6 is 23.2 Å². The van der Waals surface area contributed by atoms with Gasteiger partial charge in [-0.3, -0.25) is 4.40 Å². The third-order valence-corrected chi connectivity index (χ3v) is 7.24. The molecular formula is C24H20Cl2N4O. The monoisotopic (exact) mass is 450 g/mol. The van der Waals surface area contributed by atoms with Crippen molar-refractivity contribution in [2.75, 3.05) is 18.0 Å². The van der Waals surface area contributed by atoms with E-state index in [1.54, 1.807) is 6.07 Å². The zero-order chi connectivity index (χ0) is 21.0. The highest BCUT2D eigenvalue weighted by atomic mass is 35.5. The SMILES string of the molecule is Clc1cccc(-c2ncc3c(N4CCC5(CC4)Cc4ccccc4O5)nccn23)c1Cl. The first-order valence-corrected chi connectivity index (χ1v) is 11.2. The Morgan fingerprint density at radius 3 is 2.65 bits per heavy atom. The Morgan fingerprint density at radius 2 is 1.81 bits per heavy atom. The molecule has 2 aliphatic rings. The molecule has 156 valence electrons. The molecule has 0 N–H and O–H groups in total. The first-order chi connectivity index (χ1) is 15.1. The van der Waals surface area contributed by atoms with Crippen LogP contribution in [0.3, 0.4) is 0 Å². The van der Waals surface area contributed by atoms with Gasteiger partial charge in [0, 0.05) is 50.3 Å². The zero-order valence-corrected chi connectivity index (χ0v) is 18.3. The van der Waals surface area contributed by atoms with E-state index in [-0.39, 0.29) is 5.60 Å². The van der Waals surface area contributed by atoms with Crippen LogP contribution < -0.4 is 9.64 Å². The number of para-hydroxylation sites is 1. The van der Waals surface area contributed by atoms with E-state index in [1.165, 1.54) is 5.56 Å². The summed E-state index contributed by atoms with van der Waals surface area (Å²) in [6.07, 6.45) is 8.51. The van der Waals surface area contributed by atoms with Crippen LogP contribution in [0.25, 0.3) is 16.9 Å². The number of rotatable bonds is 2. The van der Waals surface area contributed by atoms with Gasteiger partial charge >= 0.3 is 0 Å². The normalized spacial score (nSPS) is 17.2. The van der Waals surface area contributed by atoms with Gasteiger partial charge in [-0.2, -0.15) is 0 Å². The molecule has 0 saturated carbocycles. The fourth-order valence-electron chi connectivity index (χ4n) is 4.80. The average Bonchev–Trinajstić information content (AvgIpc) is 3.37. The van der Waals surface area contributed by atoms with Crippen molar-refractivity contribution in [3.63, 3.8) is 0 Å². The fourth-order valence-corrected chi connectivity index (χ4v) is 5.19. The highest BCUT2D eigenvalue weighted by Gasteiger charge is 2.42. The molecule has 0 aliphatic carbocycles. The highest BCUT2D eigenvalue weighted by Crippen LogP contribution is 2.42. The van der Waals surface area contributed by atoms with Crippen LogP contribution in [-0.2, 0) is 6.42 Å². The van der Waals surface area contributed by atoms with Crippen molar-refractivity contribution in [2.45, 2.75) is 24.9 Å². The molecule has 0 atom stereocenters. The maximum absolute atomic E-state index is 6.46. The Balaban J connectivity index is 1.29. The Hall–Kier alpha value is -2.76. The van der Waals surface area contributed by atoms with Crippen molar-refractivity contribution in [1.82, 2.24) is 14.4 Å². The van der Waals surface area contributed by atoms with E-state index >= 15 is 0 Å². The Bertz CT molecular complexity index is 1270. The summed E-state index contributed by atoms with van der Waals surface area (Å²) < 4.78 is 8.44. The molecule has 31 heavy (non-hydrogen) atoms. The number of hydrogen-bond acceptors (Lipinski definition) is 4. The number of ether oxygens (including phenoxy) is 1. The quantitative estimate of drug-likeness (QED) is 0.394. The van der Waals surface area contributed by atoms with E-state index in [0.717, 1.165) is 60.8 Å². The largest absolute Gasteiger partial charge is 0.487 e. The summed E-state index contributed by atoms with van der Waals surface area (Å²) in [5.74, 6) is 2.73. The molecule has 5 nitrogen and oxygen atoms in total. The Morgan fingerprint density at radius 1 is 0.968 bits per heavy atom. The van der Waals surface area contributed by atoms with Crippen molar-refractivity contribution < 1.29 is 4.74 Å². The molecule has 1 fully saturated rings. The summed E-state index contributed by atoms with van der Waals surface area (Å²) in [4.78, 5) is 11.7. The second-order valence-corrected chi connectivity index (χ2v) is 9.03. The van der Waals surface area contributed by atoms with Crippen molar-refractivity contribution in [1.29, 1.82) is 0 Å². The van der Waals surface area contributed by atoms with Crippen LogP contribution in [0.2, 0.25) is 10.0 Å². The lowest BCUT2D eigenvalue weighted by Gasteiger charge is -2.39. The van der Waals surface area contributed by atoms with Crippen LogP contribution in [0.4, 0.5) is 5.82 Å². The average molecular weight is 451 g/mol. The van der Waals surface area contributed by atoms with Gasteiger partial charge in [-0.05, 0) is 23.8 Å². The van der Waals surface area contributed by atoms with E-state index in [0.29, 0.717) is 10.0 Å². The van der Waals surface area contributed by atoms with Crippen LogP contribution in [0, 0.1) is 0 Å². The van der Waals surface area contributed by atoms with Gasteiger partial charge in [0.05, 0.1) is 16.2 Å². The number of anilines is 1. The van der Waals surface area contributed by atoms with Gasteiger partial charge in [-0.25, -0.2) is 9.97 Å². The van der Waals surface area contributed by atoms with Gasteiger partial charge in [0.25, 0.3) is 0 Å². The van der Waals surface area contributed by atoms with Crippen LogP contribution in [0.1, 0.15) is 18.4 Å². The van der Waals surface area contributed by atoms with E-state index in [2.05, 4.69) is 28.1 Å². The maximum atomic E-state index is 6.46. The smallest absolute Gasteiger partial charge is 0.154 e. The minimum absolute atomic E-state index is 0.0923. The highest BCUT2D eigenvalue weighted by molar-refractivity contribution is 6.43. The molecule has 2 aromatic carbocycles. The molecule has 7 heteroatoms. The lowest BCUT2D eigenvalue weighted by Crippen LogP contribution is -2.47. The van der Waals surface area contributed by atoms with Crippen molar-refractivity contribution >= 4 is 34.5 Å². The molecule has 0 radical (unpaired) electrons. The first-order valence-electron chi connectivity index (χ1n) is 10.4. The Labute approximate surface area is 190 Å². The van der Waals surface area contributed by atoms with Gasteiger partial charge in [0.2, 0.25) is 0 Å². The molecular weight excluding hydrogens is 431 g/mol. The first kappa shape index (κ1) is 19.0. The predicted octanol–water partition coefficient (Wildman–Crippen LogP) is 5.68. The topological polar surface area (TPSA) is 42.7 Å². The molecule has 6 rings (SSSR count). The third kappa shape index (κ3) is 3.07. The zero-order valence-electron chi connectivity index (χ0n) is 16.8. The minimum atomic E-state index is -0.0923. The van der Waals surface area contributed by atoms with Gasteiger partial charge in [-0.15, -0.1) is 0 Å². The molecule has 4 aromatic rings. The maximum Gasteiger partial charge on any atom is 0.154 e. The Kier molecular flexibility index (Phi) is 4.37. The van der Waals surface area contributed by atoms with Crippen molar-refractivity contribution in [3.05, 3.63) is 76.7 Å². The van der Waals surface area contributed by atoms with Gasteiger partial charge in [0.15, 0.2) is 5.82 Å². The predicted molar refractivity (Wildman–Crippen MR) is 123 cm³/mol. The summed E-state index contributed by atoms with van der Waals surface area (Å²) in [5.41, 5.74) is 2.99. The summed E-state index contributed by atoms with van der Waals surface area (Å²) in [7, 11) is 0. The van der Waals surface area contributed by atoms with Crippen LogP contribution in [0.5, 0.6) is 5.75 Å². The number of fused-ring (bicyclic) bond motifs is 2. The van der Waals surface area contributed by atoms with E-state index < -0.39 is 0 Å². The number of hydrogen-bond donors (Lipinski definition) is 0. The standard InChI is InChI=1S/C24H20Cl2N4O/c25-18-6-3-5-17(21(18)26)22-28-15-19-23(27-10-13-30(19)22)29-11-8-24(9-12-29)14-16-4-1-2-7-20(16)31-24/h1-7,10,13,15H,8-9,11-12,14H2. The molecule has 2 aromatic heterocycles. The van der Waals surface area contributed by atoms with E-state index in [9.17, 15) is 0 Å². The number of aromatic nitrogens is 3. The van der Waals surface area contributed by atoms with Gasteiger partial charge in [-0.1, -0.05) is 47.5 Å². The molecule has 0 amide bonds. The molecule has 1 saturated heterocycles. The van der Waals surface area contributed by atoms with E-state index in [4.69, 9.17) is 32.9 Å². The van der Waals surface area contributed by atoms with Crippen LogP contribution in [0.15, 0.2) is 61.1 Å². The molecule has 4 heterocycles. The number of halogens is 2. The van der Waals surface area contributed by atoms with Crippen molar-refractivity contribution in [2.24, 2.45) is 0 Å². The van der Waals surface area contributed by atoms with Gasteiger partial charge < -0.3 is 9.64 Å². The van der Waals surface area contributed by atoms with Gasteiger partial charge in [0.1, 0.15) is 22.7 Å². The number of imidazole rings is 1. The summed E-state index contributed by atoms with van der Waals surface area (Å²) in [6, 6.07) is 14.0. The summed E-state index contributed by atoms with van der Waals surface area (Å²) in [6.45, 7) is 1.78. The van der Waals surface area contributed by atoms with Crippen LogP contribution in [-0.4, -0.2) is 33.1 Å². The fraction of sp³-hybridized carbons (Fsp3) is 0.250. The lowest BCUT2D eigenvalue weighted by molar-refractivity contribution is 0.0667. The number of piperidine rings is 1. The summed E-state index contributed by atoms with van der Waals surface area (Å²) in [5, 5.41) is 1.02. The minimum Gasteiger partial charge on any atom is -0.487 e. The van der Waals surface area contributed by atoms with Crippen molar-refractivity contribution in [3.8, 4) is 17.1 Å². The third-order valence-electron chi connectivity index (χ3n) is 6.42. The molecule has 0 unspecified atom stereocenters. The molecule has 0 bridgehead atoms. The number of nitrogens with zero attached hydrogens (tertiary/aromatic N) is 4. The second kappa shape index (κ2) is 7.14. The number of benzene rings is 2. The summed E-state index contributed by atoms with van der Waals surface area (Å²) >= 11 is 12.7.